The van der Waals surface area contributed by atoms with Gasteiger partial charge in [0.2, 0.25) is 0 Å². The summed E-state index contributed by atoms with van der Waals surface area (Å²) < 4.78 is 9.98. The summed E-state index contributed by atoms with van der Waals surface area (Å²) >= 11 is 1.33. The Morgan fingerprint density at radius 1 is 1.22 bits per heavy atom. The van der Waals surface area contributed by atoms with Crippen molar-refractivity contribution in [3.8, 4) is 5.75 Å². The monoisotopic (exact) mass is 390 g/mol. The SMILES string of the molecule is COc1cc([N+](=O)[O-])ccc1NC(=O)COC(=O)CSc1ccccc1C. The number of thioether (sulfide) groups is 1. The van der Waals surface area contributed by atoms with Crippen LogP contribution in [0, 0.1) is 17.0 Å². The first kappa shape index (κ1) is 20.2. The molecule has 0 heterocycles. The van der Waals surface area contributed by atoms with Gasteiger partial charge >= 0.3 is 5.97 Å². The zero-order chi connectivity index (χ0) is 19.8. The first-order valence-electron chi connectivity index (χ1n) is 7.87. The van der Waals surface area contributed by atoms with Crippen LogP contribution in [0.3, 0.4) is 0 Å². The fraction of sp³-hybridized carbons (Fsp3) is 0.222. The average Bonchev–Trinajstić information content (AvgIpc) is 2.65. The van der Waals surface area contributed by atoms with Gasteiger partial charge in [-0.2, -0.15) is 0 Å². The second-order valence-electron chi connectivity index (χ2n) is 5.40. The van der Waals surface area contributed by atoms with E-state index in [0.717, 1.165) is 10.5 Å². The lowest BCUT2D eigenvalue weighted by Gasteiger charge is -2.10. The zero-order valence-electron chi connectivity index (χ0n) is 14.8. The van der Waals surface area contributed by atoms with Gasteiger partial charge in [-0.25, -0.2) is 0 Å². The quantitative estimate of drug-likeness (QED) is 0.319. The van der Waals surface area contributed by atoms with Crippen molar-refractivity contribution in [3.63, 3.8) is 0 Å². The van der Waals surface area contributed by atoms with E-state index in [2.05, 4.69) is 5.32 Å². The third kappa shape index (κ3) is 6.00. The van der Waals surface area contributed by atoms with Crippen molar-refractivity contribution in [3.05, 3.63) is 58.1 Å². The summed E-state index contributed by atoms with van der Waals surface area (Å²) in [7, 11) is 1.33. The zero-order valence-corrected chi connectivity index (χ0v) is 15.6. The first-order chi connectivity index (χ1) is 12.9. The topological polar surface area (TPSA) is 108 Å². The maximum Gasteiger partial charge on any atom is 0.316 e. The van der Waals surface area contributed by atoms with Gasteiger partial charge in [0.15, 0.2) is 6.61 Å². The minimum absolute atomic E-state index is 0.0823. The van der Waals surface area contributed by atoms with Gasteiger partial charge in [-0.1, -0.05) is 18.2 Å². The fourth-order valence-electron chi connectivity index (χ4n) is 2.13. The number of benzene rings is 2. The third-order valence-corrected chi connectivity index (χ3v) is 4.62. The molecule has 0 aliphatic rings. The third-order valence-electron chi connectivity index (χ3n) is 3.47. The number of aryl methyl sites for hydroxylation is 1. The Morgan fingerprint density at radius 3 is 2.63 bits per heavy atom. The number of carbonyl (C=O) groups is 2. The standard InChI is InChI=1S/C18H18N2O6S/c1-12-5-3-4-6-16(12)27-11-18(22)26-10-17(21)19-14-8-7-13(20(23)24)9-15(14)25-2/h3-9H,10-11H2,1-2H3,(H,19,21). The molecule has 0 saturated carbocycles. The Kier molecular flexibility index (Phi) is 7.18. The van der Waals surface area contributed by atoms with Crippen molar-refractivity contribution >= 4 is 35.0 Å². The molecule has 2 rings (SSSR count). The van der Waals surface area contributed by atoms with Crippen LogP contribution in [0.15, 0.2) is 47.4 Å². The number of nitro benzene ring substituents is 1. The molecular weight excluding hydrogens is 372 g/mol. The van der Waals surface area contributed by atoms with Gasteiger partial charge in [-0.3, -0.25) is 19.7 Å². The van der Waals surface area contributed by atoms with Gasteiger partial charge in [0.05, 0.1) is 29.5 Å². The fourth-order valence-corrected chi connectivity index (χ4v) is 2.95. The molecule has 0 aromatic heterocycles. The molecule has 0 unspecified atom stereocenters. The highest BCUT2D eigenvalue weighted by molar-refractivity contribution is 8.00. The number of nitrogens with zero attached hydrogens (tertiary/aromatic N) is 1. The predicted octanol–water partition coefficient (Wildman–Crippen LogP) is 3.19. The van der Waals surface area contributed by atoms with E-state index < -0.39 is 23.4 Å². The number of amides is 1. The Bertz CT molecular complexity index is 855. The lowest BCUT2D eigenvalue weighted by Crippen LogP contribution is -2.22. The van der Waals surface area contributed by atoms with Crippen LogP contribution in [0.5, 0.6) is 5.75 Å². The van der Waals surface area contributed by atoms with E-state index in [0.29, 0.717) is 0 Å². The molecule has 27 heavy (non-hydrogen) atoms. The van der Waals surface area contributed by atoms with Gasteiger partial charge in [0, 0.05) is 11.0 Å². The van der Waals surface area contributed by atoms with Crippen LogP contribution in [0.25, 0.3) is 0 Å². The molecule has 2 aromatic carbocycles. The molecule has 0 aliphatic carbocycles. The van der Waals surface area contributed by atoms with E-state index in [9.17, 15) is 19.7 Å². The first-order valence-corrected chi connectivity index (χ1v) is 8.85. The molecular formula is C18H18N2O6S. The Morgan fingerprint density at radius 2 is 1.96 bits per heavy atom. The van der Waals surface area contributed by atoms with Crippen molar-refractivity contribution in [2.24, 2.45) is 0 Å². The molecule has 0 atom stereocenters. The molecule has 1 amide bonds. The molecule has 9 heteroatoms. The number of ether oxygens (including phenoxy) is 2. The number of carbonyl (C=O) groups excluding carboxylic acids is 2. The number of anilines is 1. The lowest BCUT2D eigenvalue weighted by molar-refractivity contribution is -0.384. The summed E-state index contributed by atoms with van der Waals surface area (Å²) in [5, 5.41) is 13.3. The number of esters is 1. The number of hydrogen-bond acceptors (Lipinski definition) is 7. The minimum Gasteiger partial charge on any atom is -0.494 e. The summed E-state index contributed by atoms with van der Waals surface area (Å²) in [4.78, 5) is 34.9. The van der Waals surface area contributed by atoms with E-state index in [1.54, 1.807) is 0 Å². The van der Waals surface area contributed by atoms with E-state index in [-0.39, 0.29) is 22.9 Å². The summed E-state index contributed by atoms with van der Waals surface area (Å²) in [6.45, 7) is 1.48. The summed E-state index contributed by atoms with van der Waals surface area (Å²) in [6.07, 6.45) is 0. The van der Waals surface area contributed by atoms with Crippen LogP contribution in [-0.2, 0) is 14.3 Å². The van der Waals surface area contributed by atoms with E-state index in [1.807, 2.05) is 31.2 Å². The van der Waals surface area contributed by atoms with Crippen LogP contribution < -0.4 is 10.1 Å². The number of nitro groups is 1. The molecule has 2 aromatic rings. The summed E-state index contributed by atoms with van der Waals surface area (Å²) in [5.74, 6) is -0.872. The van der Waals surface area contributed by atoms with Gasteiger partial charge in [0.1, 0.15) is 5.75 Å². The number of rotatable bonds is 8. The Labute approximate surface area is 160 Å². The van der Waals surface area contributed by atoms with Gasteiger partial charge in [0.25, 0.3) is 11.6 Å². The van der Waals surface area contributed by atoms with Crippen molar-refractivity contribution < 1.29 is 24.0 Å². The number of nitrogens with one attached hydrogen (secondary N) is 1. The van der Waals surface area contributed by atoms with E-state index >= 15 is 0 Å². The van der Waals surface area contributed by atoms with Crippen molar-refractivity contribution in [1.82, 2.24) is 0 Å². The Hall–Kier alpha value is -3.07. The molecule has 1 N–H and O–H groups in total. The second kappa shape index (κ2) is 9.58. The summed E-state index contributed by atoms with van der Waals surface area (Å²) in [5.41, 5.74) is 1.14. The number of hydrogen-bond donors (Lipinski definition) is 1. The minimum atomic E-state index is -0.573. The van der Waals surface area contributed by atoms with Crippen LogP contribution in [-0.4, -0.2) is 36.3 Å². The average molecular weight is 390 g/mol. The maximum atomic E-state index is 11.9. The van der Waals surface area contributed by atoms with Gasteiger partial charge in [-0.05, 0) is 24.6 Å². The van der Waals surface area contributed by atoms with Crippen LogP contribution in [0.1, 0.15) is 5.56 Å². The van der Waals surface area contributed by atoms with Crippen LogP contribution in [0.2, 0.25) is 0 Å². The molecule has 0 saturated heterocycles. The second-order valence-corrected chi connectivity index (χ2v) is 6.42. The molecule has 8 nitrogen and oxygen atoms in total. The number of methoxy groups -OCH3 is 1. The van der Waals surface area contributed by atoms with Gasteiger partial charge in [-0.15, -0.1) is 11.8 Å². The predicted molar refractivity (Wildman–Crippen MR) is 101 cm³/mol. The molecule has 0 fully saturated rings. The van der Waals surface area contributed by atoms with Crippen LogP contribution >= 0.6 is 11.8 Å². The van der Waals surface area contributed by atoms with Crippen LogP contribution in [0.4, 0.5) is 11.4 Å². The molecule has 0 bridgehead atoms. The smallest absolute Gasteiger partial charge is 0.316 e. The molecule has 142 valence electrons. The highest BCUT2D eigenvalue weighted by Crippen LogP contribution is 2.29. The van der Waals surface area contributed by atoms with Crippen molar-refractivity contribution in [2.75, 3.05) is 24.8 Å². The largest absolute Gasteiger partial charge is 0.494 e. The van der Waals surface area contributed by atoms with E-state index in [4.69, 9.17) is 9.47 Å². The summed E-state index contributed by atoms with van der Waals surface area (Å²) in [6, 6.07) is 11.4. The molecule has 0 spiro atoms. The Balaban J connectivity index is 1.84. The lowest BCUT2D eigenvalue weighted by atomic mass is 10.2. The van der Waals surface area contributed by atoms with Crippen molar-refractivity contribution in [2.45, 2.75) is 11.8 Å². The number of non-ortho nitro benzene ring substituents is 1. The highest BCUT2D eigenvalue weighted by atomic mass is 32.2. The van der Waals surface area contributed by atoms with Gasteiger partial charge < -0.3 is 14.8 Å². The van der Waals surface area contributed by atoms with E-state index in [1.165, 1.54) is 37.1 Å². The van der Waals surface area contributed by atoms with Crippen molar-refractivity contribution in [1.29, 1.82) is 0 Å². The maximum absolute atomic E-state index is 11.9. The normalized spacial score (nSPS) is 10.1. The molecule has 0 aliphatic heterocycles. The molecule has 0 radical (unpaired) electrons. The highest BCUT2D eigenvalue weighted by Gasteiger charge is 2.14.